The first-order chi connectivity index (χ1) is 11.5. The van der Waals surface area contributed by atoms with Gasteiger partial charge < -0.3 is 0 Å². The molecule has 3 aromatic heterocycles. The number of fused-ring (bicyclic) bond motifs is 3. The van der Waals surface area contributed by atoms with E-state index >= 15 is 0 Å². The van der Waals surface area contributed by atoms with Gasteiger partial charge in [-0.05, 0) is 23.4 Å². The molecule has 7 heteroatoms. The van der Waals surface area contributed by atoms with E-state index in [9.17, 15) is 14.4 Å². The molecule has 3 aromatic rings. The van der Waals surface area contributed by atoms with Gasteiger partial charge in [0.15, 0.2) is 5.78 Å². The molecule has 3 heterocycles. The molecule has 0 aromatic carbocycles. The molecule has 24 heavy (non-hydrogen) atoms. The summed E-state index contributed by atoms with van der Waals surface area (Å²) in [4.78, 5) is 42.7. The van der Waals surface area contributed by atoms with Crippen molar-refractivity contribution in [3.63, 3.8) is 0 Å². The van der Waals surface area contributed by atoms with E-state index < -0.39 is 11.2 Å². The number of pyridine rings is 1. The molecule has 0 saturated carbocycles. The molecule has 0 unspecified atom stereocenters. The van der Waals surface area contributed by atoms with Crippen molar-refractivity contribution in [3.8, 4) is 0 Å². The maximum Gasteiger partial charge on any atom is 0.332 e. The Balaban J connectivity index is 2.04. The number of rotatable bonds is 1. The Labute approximate surface area is 141 Å². The Morgan fingerprint density at radius 3 is 2.67 bits per heavy atom. The van der Waals surface area contributed by atoms with Crippen LogP contribution in [0.2, 0.25) is 0 Å². The summed E-state index contributed by atoms with van der Waals surface area (Å²) in [5.74, 6) is 0.0671. The van der Waals surface area contributed by atoms with Crippen molar-refractivity contribution >= 4 is 28.2 Å². The predicted octanol–water partition coefficient (Wildman–Crippen LogP) is 1.61. The van der Waals surface area contributed by atoms with E-state index in [0.717, 1.165) is 9.44 Å². The van der Waals surface area contributed by atoms with Crippen LogP contribution in [-0.4, -0.2) is 19.9 Å². The molecule has 1 atom stereocenters. The van der Waals surface area contributed by atoms with E-state index in [2.05, 4.69) is 4.98 Å². The number of ketones is 1. The lowest BCUT2D eigenvalue weighted by atomic mass is 9.82. The molecule has 0 aliphatic heterocycles. The zero-order valence-electron chi connectivity index (χ0n) is 13.3. The topological polar surface area (TPSA) is 74.0 Å². The van der Waals surface area contributed by atoms with Gasteiger partial charge in [-0.3, -0.25) is 18.7 Å². The van der Waals surface area contributed by atoms with E-state index in [-0.39, 0.29) is 11.7 Å². The quantitative estimate of drug-likeness (QED) is 0.674. The SMILES string of the molecule is Cn1c(=O)c2c3c(cnc2n(C)c1=O)C(=O)C[C@H](c1cccs1)C3. The average molecular weight is 341 g/mol. The largest absolute Gasteiger partial charge is 0.332 e. The van der Waals surface area contributed by atoms with Gasteiger partial charge in [0.05, 0.1) is 5.39 Å². The van der Waals surface area contributed by atoms with Crippen molar-refractivity contribution in [2.75, 3.05) is 0 Å². The minimum Gasteiger partial charge on any atom is -0.294 e. The Hall–Kier alpha value is -2.54. The van der Waals surface area contributed by atoms with Gasteiger partial charge in [-0.25, -0.2) is 9.78 Å². The second-order valence-electron chi connectivity index (χ2n) is 6.10. The summed E-state index contributed by atoms with van der Waals surface area (Å²) in [6.45, 7) is 0. The molecule has 122 valence electrons. The molecule has 4 rings (SSSR count). The summed E-state index contributed by atoms with van der Waals surface area (Å²) in [6, 6.07) is 3.98. The summed E-state index contributed by atoms with van der Waals surface area (Å²) in [5, 5.41) is 2.37. The molecule has 0 saturated heterocycles. The van der Waals surface area contributed by atoms with Crippen LogP contribution < -0.4 is 11.2 Å². The maximum absolute atomic E-state index is 12.7. The van der Waals surface area contributed by atoms with Crippen LogP contribution in [0.15, 0.2) is 33.3 Å². The van der Waals surface area contributed by atoms with E-state index in [1.165, 1.54) is 17.8 Å². The normalized spacial score (nSPS) is 17.2. The van der Waals surface area contributed by atoms with Crippen molar-refractivity contribution in [2.45, 2.75) is 18.8 Å². The summed E-state index contributed by atoms with van der Waals surface area (Å²) in [5.41, 5.74) is 0.743. The number of nitrogens with zero attached hydrogens (tertiary/aromatic N) is 3. The lowest BCUT2D eigenvalue weighted by Gasteiger charge is -2.24. The first kappa shape index (κ1) is 15.0. The molecule has 0 amide bonds. The number of aryl methyl sites for hydroxylation is 1. The van der Waals surface area contributed by atoms with Crippen LogP contribution in [0, 0.1) is 0 Å². The summed E-state index contributed by atoms with van der Waals surface area (Å²) in [6.07, 6.45) is 2.53. The van der Waals surface area contributed by atoms with Gasteiger partial charge in [0, 0.05) is 43.1 Å². The molecule has 1 aliphatic carbocycles. The van der Waals surface area contributed by atoms with Crippen molar-refractivity contribution in [1.29, 1.82) is 0 Å². The minimum absolute atomic E-state index is 0.0000406. The third-order valence-corrected chi connectivity index (χ3v) is 5.74. The molecule has 0 radical (unpaired) electrons. The first-order valence-electron chi connectivity index (χ1n) is 7.63. The van der Waals surface area contributed by atoms with Crippen molar-refractivity contribution in [2.24, 2.45) is 14.1 Å². The Morgan fingerprint density at radius 2 is 1.96 bits per heavy atom. The molecular weight excluding hydrogens is 326 g/mol. The number of thiophene rings is 1. The van der Waals surface area contributed by atoms with Crippen LogP contribution in [0.1, 0.15) is 33.1 Å². The van der Waals surface area contributed by atoms with Crippen LogP contribution in [0.3, 0.4) is 0 Å². The Bertz CT molecular complexity index is 1090. The van der Waals surface area contributed by atoms with Crippen molar-refractivity contribution in [3.05, 3.63) is 60.6 Å². The van der Waals surface area contributed by atoms with E-state index in [1.807, 2.05) is 17.5 Å². The van der Waals surface area contributed by atoms with Crippen molar-refractivity contribution in [1.82, 2.24) is 14.1 Å². The zero-order valence-corrected chi connectivity index (χ0v) is 14.1. The number of hydrogen-bond donors (Lipinski definition) is 0. The molecule has 1 aliphatic rings. The third kappa shape index (κ3) is 2.01. The van der Waals surface area contributed by atoms with E-state index in [0.29, 0.717) is 35.0 Å². The number of carbonyl (C=O) groups excluding carboxylic acids is 1. The standard InChI is InChI=1S/C17H15N3O3S/c1-19-15-14(16(22)20(2)17(19)23)10-6-9(13-4-3-5-24-13)7-12(21)11(10)8-18-15/h3-5,8-9H,6-7H2,1-2H3/t9-/m1/s1. The monoisotopic (exact) mass is 341 g/mol. The smallest absolute Gasteiger partial charge is 0.294 e. The second kappa shape index (κ2) is 5.24. The molecule has 6 nitrogen and oxygen atoms in total. The highest BCUT2D eigenvalue weighted by molar-refractivity contribution is 7.10. The molecule has 0 spiro atoms. The fourth-order valence-corrected chi connectivity index (χ4v) is 4.25. The van der Waals surface area contributed by atoms with Gasteiger partial charge in [-0.2, -0.15) is 0 Å². The third-order valence-electron chi connectivity index (χ3n) is 4.70. The van der Waals surface area contributed by atoms with Crippen LogP contribution >= 0.6 is 11.3 Å². The molecular formula is C17H15N3O3S. The van der Waals surface area contributed by atoms with Gasteiger partial charge in [0.1, 0.15) is 5.65 Å². The van der Waals surface area contributed by atoms with E-state index in [1.54, 1.807) is 18.4 Å². The van der Waals surface area contributed by atoms with Gasteiger partial charge in [0.2, 0.25) is 0 Å². The summed E-state index contributed by atoms with van der Waals surface area (Å²) in [7, 11) is 3.04. The van der Waals surface area contributed by atoms with Crippen LogP contribution in [0.25, 0.3) is 11.0 Å². The maximum atomic E-state index is 12.7. The zero-order chi connectivity index (χ0) is 17.0. The molecule has 0 N–H and O–H groups in total. The lowest BCUT2D eigenvalue weighted by molar-refractivity contribution is 0.0964. The highest BCUT2D eigenvalue weighted by Gasteiger charge is 2.30. The number of hydrogen-bond acceptors (Lipinski definition) is 5. The van der Waals surface area contributed by atoms with Crippen molar-refractivity contribution < 1.29 is 4.79 Å². The highest BCUT2D eigenvalue weighted by atomic mass is 32.1. The molecule has 0 fully saturated rings. The predicted molar refractivity (Wildman–Crippen MR) is 91.9 cm³/mol. The number of aromatic nitrogens is 3. The van der Waals surface area contributed by atoms with Crippen LogP contribution in [0.5, 0.6) is 0 Å². The van der Waals surface area contributed by atoms with E-state index in [4.69, 9.17) is 0 Å². The highest BCUT2D eigenvalue weighted by Crippen LogP contribution is 2.36. The van der Waals surface area contributed by atoms with Crippen LogP contribution in [0.4, 0.5) is 0 Å². The lowest BCUT2D eigenvalue weighted by Crippen LogP contribution is -2.38. The summed E-state index contributed by atoms with van der Waals surface area (Å²) >= 11 is 1.62. The number of Topliss-reactive ketones (excluding diaryl/α,β-unsaturated/α-hetero) is 1. The summed E-state index contributed by atoms with van der Waals surface area (Å²) < 4.78 is 2.43. The number of carbonyl (C=O) groups is 1. The van der Waals surface area contributed by atoms with Gasteiger partial charge in [-0.15, -0.1) is 11.3 Å². The average Bonchev–Trinajstić information content (AvgIpc) is 3.11. The van der Waals surface area contributed by atoms with Gasteiger partial charge in [0.25, 0.3) is 5.56 Å². The molecule has 0 bridgehead atoms. The van der Waals surface area contributed by atoms with Gasteiger partial charge in [-0.1, -0.05) is 6.07 Å². The Kier molecular flexibility index (Phi) is 3.28. The fraction of sp³-hybridized carbons (Fsp3) is 0.294. The van der Waals surface area contributed by atoms with Gasteiger partial charge >= 0.3 is 5.69 Å². The second-order valence-corrected chi connectivity index (χ2v) is 7.08. The van der Waals surface area contributed by atoms with Crippen LogP contribution in [-0.2, 0) is 20.5 Å². The fourth-order valence-electron chi connectivity index (χ4n) is 3.42. The minimum atomic E-state index is -0.420. The first-order valence-corrected chi connectivity index (χ1v) is 8.51. The Morgan fingerprint density at radius 1 is 1.17 bits per heavy atom.